The topological polar surface area (TPSA) is 86.6 Å². The number of ether oxygens (including phenoxy) is 1. The van der Waals surface area contributed by atoms with Crippen LogP contribution in [0.3, 0.4) is 0 Å². The number of benzene rings is 2. The highest BCUT2D eigenvalue weighted by molar-refractivity contribution is 7.90. The molecule has 30 heavy (non-hydrogen) atoms. The number of hydroxylamine groups is 1. The molecule has 1 aliphatic rings. The smallest absolute Gasteiger partial charge is 0.268 e. The van der Waals surface area contributed by atoms with E-state index in [4.69, 9.17) is 9.57 Å². The highest BCUT2D eigenvalue weighted by Crippen LogP contribution is 2.26. The molecule has 1 saturated heterocycles. The van der Waals surface area contributed by atoms with E-state index in [-0.39, 0.29) is 4.90 Å². The molecule has 7 nitrogen and oxygen atoms in total. The molecule has 1 aromatic heterocycles. The zero-order valence-electron chi connectivity index (χ0n) is 16.2. The van der Waals surface area contributed by atoms with Crippen LogP contribution in [0.5, 0.6) is 0 Å². The SMILES string of the molecule is O=C(/C=C\c1cn(S(=O)(=O)c2ccccc2)c2ccccc12)NOC1CCCCO1. The Morgan fingerprint density at radius 1 is 1.10 bits per heavy atom. The van der Waals surface area contributed by atoms with E-state index >= 15 is 0 Å². The van der Waals surface area contributed by atoms with Crippen LogP contribution in [0.2, 0.25) is 0 Å². The lowest BCUT2D eigenvalue weighted by Crippen LogP contribution is -2.32. The third-order valence-corrected chi connectivity index (χ3v) is 6.54. The van der Waals surface area contributed by atoms with Gasteiger partial charge in [0, 0.05) is 36.3 Å². The maximum absolute atomic E-state index is 13.1. The predicted octanol–water partition coefficient (Wildman–Crippen LogP) is 3.47. The van der Waals surface area contributed by atoms with Gasteiger partial charge in [0.15, 0.2) is 6.29 Å². The minimum absolute atomic E-state index is 0.194. The van der Waals surface area contributed by atoms with Gasteiger partial charge in [0.1, 0.15) is 0 Å². The molecule has 2 heterocycles. The first-order valence-electron chi connectivity index (χ1n) is 9.72. The Hall–Kier alpha value is -2.94. The van der Waals surface area contributed by atoms with E-state index < -0.39 is 22.2 Å². The number of nitrogens with one attached hydrogen (secondary N) is 1. The van der Waals surface area contributed by atoms with Gasteiger partial charge in [-0.15, -0.1) is 0 Å². The summed E-state index contributed by atoms with van der Waals surface area (Å²) in [6, 6.07) is 15.4. The number of amides is 1. The van der Waals surface area contributed by atoms with Crippen molar-refractivity contribution in [3.63, 3.8) is 0 Å². The van der Waals surface area contributed by atoms with Crippen LogP contribution in [0.25, 0.3) is 17.0 Å². The van der Waals surface area contributed by atoms with Gasteiger partial charge >= 0.3 is 0 Å². The van der Waals surface area contributed by atoms with Crippen molar-refractivity contribution in [2.45, 2.75) is 30.4 Å². The van der Waals surface area contributed by atoms with E-state index in [1.165, 1.54) is 16.2 Å². The van der Waals surface area contributed by atoms with Crippen molar-refractivity contribution in [1.82, 2.24) is 9.45 Å². The summed E-state index contributed by atoms with van der Waals surface area (Å²) in [5.41, 5.74) is 3.50. The average molecular weight is 426 g/mol. The molecule has 0 aliphatic carbocycles. The van der Waals surface area contributed by atoms with Gasteiger partial charge in [0.25, 0.3) is 15.9 Å². The molecular weight excluding hydrogens is 404 g/mol. The lowest BCUT2D eigenvalue weighted by atomic mass is 10.1. The van der Waals surface area contributed by atoms with Gasteiger partial charge in [-0.1, -0.05) is 36.4 Å². The predicted molar refractivity (Wildman–Crippen MR) is 113 cm³/mol. The Labute approximate surface area is 174 Å². The fourth-order valence-electron chi connectivity index (χ4n) is 3.34. The van der Waals surface area contributed by atoms with Crippen molar-refractivity contribution >= 4 is 32.9 Å². The van der Waals surface area contributed by atoms with Crippen molar-refractivity contribution in [3.05, 3.63) is 72.4 Å². The van der Waals surface area contributed by atoms with E-state index in [0.29, 0.717) is 17.7 Å². The van der Waals surface area contributed by atoms with Gasteiger partial charge in [-0.25, -0.2) is 22.7 Å². The lowest BCUT2D eigenvalue weighted by Gasteiger charge is -2.21. The maximum atomic E-state index is 13.1. The van der Waals surface area contributed by atoms with Crippen LogP contribution in [0, 0.1) is 0 Å². The molecule has 8 heteroatoms. The summed E-state index contributed by atoms with van der Waals surface area (Å²) in [7, 11) is -3.77. The molecule has 1 aliphatic heterocycles. The van der Waals surface area contributed by atoms with Crippen LogP contribution in [-0.2, 0) is 24.4 Å². The number of carbonyl (C=O) groups is 1. The standard InChI is InChI=1S/C22H22N2O5S/c25-21(23-29-22-12-6-7-15-28-22)14-13-17-16-24(20-11-5-4-10-19(17)20)30(26,27)18-8-2-1-3-9-18/h1-5,8-11,13-14,16,22H,6-7,12,15H2,(H,23,25)/b14-13-. The molecule has 1 N–H and O–H groups in total. The fourth-order valence-corrected chi connectivity index (χ4v) is 4.74. The van der Waals surface area contributed by atoms with Gasteiger partial charge in [-0.3, -0.25) is 4.79 Å². The molecule has 0 spiro atoms. The monoisotopic (exact) mass is 426 g/mol. The summed E-state index contributed by atoms with van der Waals surface area (Å²) < 4.78 is 32.8. The van der Waals surface area contributed by atoms with Crippen molar-refractivity contribution in [2.75, 3.05) is 6.61 Å². The van der Waals surface area contributed by atoms with Gasteiger partial charge in [0.05, 0.1) is 10.4 Å². The number of carbonyl (C=O) groups excluding carboxylic acids is 1. The summed E-state index contributed by atoms with van der Waals surface area (Å²) >= 11 is 0. The molecule has 1 fully saturated rings. The zero-order valence-corrected chi connectivity index (χ0v) is 17.0. The molecule has 0 bridgehead atoms. The fraction of sp³-hybridized carbons (Fsp3) is 0.227. The minimum Gasteiger partial charge on any atom is -0.350 e. The number of nitrogens with zero attached hydrogens (tertiary/aromatic N) is 1. The molecule has 1 amide bonds. The second-order valence-corrected chi connectivity index (χ2v) is 8.74. The minimum atomic E-state index is -3.77. The second kappa shape index (κ2) is 8.83. The first kappa shape index (κ1) is 20.3. The van der Waals surface area contributed by atoms with E-state index in [9.17, 15) is 13.2 Å². The maximum Gasteiger partial charge on any atom is 0.268 e. The number of fused-ring (bicyclic) bond motifs is 1. The quantitative estimate of drug-likeness (QED) is 0.482. The number of hydrogen-bond acceptors (Lipinski definition) is 5. The molecule has 4 rings (SSSR count). The van der Waals surface area contributed by atoms with Gasteiger partial charge < -0.3 is 4.74 Å². The van der Waals surface area contributed by atoms with Crippen molar-refractivity contribution in [2.24, 2.45) is 0 Å². The van der Waals surface area contributed by atoms with E-state index in [1.807, 2.05) is 12.1 Å². The Morgan fingerprint density at radius 3 is 2.63 bits per heavy atom. The van der Waals surface area contributed by atoms with Crippen LogP contribution < -0.4 is 5.48 Å². The van der Waals surface area contributed by atoms with Crippen LogP contribution in [-0.4, -0.2) is 31.2 Å². The van der Waals surface area contributed by atoms with Crippen LogP contribution >= 0.6 is 0 Å². The molecule has 1 atom stereocenters. The van der Waals surface area contributed by atoms with E-state index in [1.54, 1.807) is 48.5 Å². The third kappa shape index (κ3) is 4.30. The molecule has 0 radical (unpaired) electrons. The lowest BCUT2D eigenvalue weighted by molar-refractivity contribution is -0.198. The summed E-state index contributed by atoms with van der Waals surface area (Å²) in [6.45, 7) is 0.617. The number of aromatic nitrogens is 1. The largest absolute Gasteiger partial charge is 0.350 e. The van der Waals surface area contributed by atoms with Gasteiger partial charge in [-0.05, 0) is 37.1 Å². The summed E-state index contributed by atoms with van der Waals surface area (Å²) in [6.07, 6.45) is 6.67. The second-order valence-electron chi connectivity index (χ2n) is 6.93. The Balaban J connectivity index is 1.58. The van der Waals surface area contributed by atoms with E-state index in [0.717, 1.165) is 24.6 Å². The van der Waals surface area contributed by atoms with Crippen LogP contribution in [0.1, 0.15) is 24.8 Å². The first-order valence-corrected chi connectivity index (χ1v) is 11.2. The molecule has 3 aromatic rings. The molecule has 1 unspecified atom stereocenters. The van der Waals surface area contributed by atoms with Crippen LogP contribution in [0.15, 0.2) is 71.8 Å². The first-order chi connectivity index (χ1) is 14.6. The highest BCUT2D eigenvalue weighted by Gasteiger charge is 2.20. The molecule has 156 valence electrons. The van der Waals surface area contributed by atoms with Crippen molar-refractivity contribution in [3.8, 4) is 0 Å². The van der Waals surface area contributed by atoms with Crippen molar-refractivity contribution < 1.29 is 22.8 Å². The number of hydrogen-bond donors (Lipinski definition) is 1. The number of para-hydroxylation sites is 1. The van der Waals surface area contributed by atoms with Gasteiger partial charge in [-0.2, -0.15) is 0 Å². The Kier molecular flexibility index (Phi) is 5.98. The van der Waals surface area contributed by atoms with Crippen LogP contribution in [0.4, 0.5) is 0 Å². The third-order valence-electron chi connectivity index (χ3n) is 4.85. The summed E-state index contributed by atoms with van der Waals surface area (Å²) in [4.78, 5) is 17.6. The molecule has 0 saturated carbocycles. The Morgan fingerprint density at radius 2 is 1.87 bits per heavy atom. The normalized spacial score (nSPS) is 17.4. The Bertz CT molecular complexity index is 1160. The zero-order chi connectivity index (χ0) is 21.0. The molecular formula is C22H22N2O5S. The van der Waals surface area contributed by atoms with Crippen molar-refractivity contribution in [1.29, 1.82) is 0 Å². The molecule has 2 aromatic carbocycles. The summed E-state index contributed by atoms with van der Waals surface area (Å²) in [5.74, 6) is -0.452. The highest BCUT2D eigenvalue weighted by atomic mass is 32.2. The summed E-state index contributed by atoms with van der Waals surface area (Å²) in [5, 5.41) is 0.720. The average Bonchev–Trinajstić information content (AvgIpc) is 3.17. The number of rotatable bonds is 6. The van der Waals surface area contributed by atoms with Gasteiger partial charge in [0.2, 0.25) is 0 Å². The van der Waals surface area contributed by atoms with E-state index in [2.05, 4.69) is 5.48 Å².